The molecule has 0 heterocycles. The zero-order valence-electron chi connectivity index (χ0n) is 14.8. The number of nitrogens with two attached hydrogens (primary N) is 1. The molecule has 0 bridgehead atoms. The predicted molar refractivity (Wildman–Crippen MR) is 105 cm³/mol. The minimum absolute atomic E-state index is 0.400. The van der Waals surface area contributed by atoms with Gasteiger partial charge in [-0.3, -0.25) is 4.72 Å². The summed E-state index contributed by atoms with van der Waals surface area (Å²) in [6.07, 6.45) is 0. The lowest BCUT2D eigenvalue weighted by Crippen LogP contribution is -2.42. The molecule has 2 rings (SSSR count). The second-order valence-corrected chi connectivity index (χ2v) is 6.51. The summed E-state index contributed by atoms with van der Waals surface area (Å²) in [6, 6.07) is 15.4. The van der Waals surface area contributed by atoms with Gasteiger partial charge in [0, 0.05) is 30.6 Å². The smallest absolute Gasteiger partial charge is 0.0234 e. The monoisotopic (exact) mass is 333 g/mol. The average molecular weight is 334 g/mol. The van der Waals surface area contributed by atoms with Crippen LogP contribution in [0.1, 0.15) is 27.7 Å². The van der Waals surface area contributed by atoms with Gasteiger partial charge in [-0.05, 0) is 40.8 Å². The van der Waals surface area contributed by atoms with Crippen LogP contribution in [0.3, 0.4) is 0 Å². The van der Waals surface area contributed by atoms with Gasteiger partial charge < -0.3 is 11.1 Å². The van der Waals surface area contributed by atoms with Crippen molar-refractivity contribution in [2.24, 2.45) is 11.7 Å². The third kappa shape index (κ3) is 6.92. The molecule has 3 nitrogen and oxygen atoms in total. The Balaban J connectivity index is 0.00000127. The van der Waals surface area contributed by atoms with Gasteiger partial charge in [0.1, 0.15) is 0 Å². The molecule has 4 N–H and O–H groups in total. The Hall–Kier alpha value is -1.07. The fourth-order valence-corrected chi connectivity index (χ4v) is 2.96. The van der Waals surface area contributed by atoms with Gasteiger partial charge in [0.2, 0.25) is 0 Å². The number of fused-ring (bicyclic) bond motifs is 1. The molecule has 23 heavy (non-hydrogen) atoms. The standard InChI is InChI=1S/C17H25N3S.C2H6/c1-13(2)17(12-18)19-9-10-20-21-16-8-7-14-5-3-4-6-15(14)11-16;1-2/h3-8,11,13,17,19-20H,9-10,12,18H2,1-2H3;1-2H3. The van der Waals surface area contributed by atoms with Crippen LogP contribution in [0, 0.1) is 5.92 Å². The van der Waals surface area contributed by atoms with E-state index in [9.17, 15) is 0 Å². The van der Waals surface area contributed by atoms with Crippen molar-refractivity contribution in [2.75, 3.05) is 19.6 Å². The molecular weight excluding hydrogens is 302 g/mol. The highest BCUT2D eigenvalue weighted by Crippen LogP contribution is 2.21. The number of benzene rings is 2. The maximum absolute atomic E-state index is 5.74. The van der Waals surface area contributed by atoms with Crippen molar-refractivity contribution in [3.63, 3.8) is 0 Å². The number of rotatable bonds is 8. The predicted octanol–water partition coefficient (Wildman–Crippen LogP) is 4.04. The van der Waals surface area contributed by atoms with Crippen LogP contribution in [-0.2, 0) is 0 Å². The van der Waals surface area contributed by atoms with E-state index in [1.165, 1.54) is 15.7 Å². The summed E-state index contributed by atoms with van der Waals surface area (Å²) in [7, 11) is 0. The zero-order valence-corrected chi connectivity index (χ0v) is 15.6. The number of hydrogen-bond donors (Lipinski definition) is 3. The van der Waals surface area contributed by atoms with Crippen molar-refractivity contribution in [2.45, 2.75) is 38.6 Å². The van der Waals surface area contributed by atoms with Gasteiger partial charge in [-0.1, -0.05) is 58.0 Å². The SMILES string of the molecule is CC.CC(C)C(CN)NCCNSc1ccc2ccccc2c1. The van der Waals surface area contributed by atoms with Crippen LogP contribution in [0.5, 0.6) is 0 Å². The molecule has 0 spiro atoms. The normalized spacial score (nSPS) is 12.1. The largest absolute Gasteiger partial charge is 0.329 e. The summed E-state index contributed by atoms with van der Waals surface area (Å²) < 4.78 is 3.40. The molecule has 2 aromatic carbocycles. The van der Waals surface area contributed by atoms with E-state index in [1.54, 1.807) is 11.9 Å². The molecule has 1 unspecified atom stereocenters. The van der Waals surface area contributed by atoms with Crippen molar-refractivity contribution >= 4 is 22.7 Å². The molecule has 0 aliphatic carbocycles. The molecule has 2 aromatic rings. The molecule has 0 saturated heterocycles. The van der Waals surface area contributed by atoms with Crippen LogP contribution >= 0.6 is 11.9 Å². The van der Waals surface area contributed by atoms with Gasteiger partial charge >= 0.3 is 0 Å². The quantitative estimate of drug-likeness (QED) is 0.504. The summed E-state index contributed by atoms with van der Waals surface area (Å²) in [4.78, 5) is 1.24. The summed E-state index contributed by atoms with van der Waals surface area (Å²) in [6.45, 7) is 10.9. The van der Waals surface area contributed by atoms with Crippen LogP contribution in [0.2, 0.25) is 0 Å². The Morgan fingerprint density at radius 2 is 1.70 bits per heavy atom. The minimum Gasteiger partial charge on any atom is -0.329 e. The van der Waals surface area contributed by atoms with E-state index in [-0.39, 0.29) is 0 Å². The molecule has 0 aromatic heterocycles. The van der Waals surface area contributed by atoms with E-state index in [0.29, 0.717) is 18.5 Å². The van der Waals surface area contributed by atoms with Crippen molar-refractivity contribution in [1.82, 2.24) is 10.0 Å². The summed E-state index contributed by atoms with van der Waals surface area (Å²) in [5.74, 6) is 0.572. The minimum atomic E-state index is 0.400. The number of nitrogens with one attached hydrogen (secondary N) is 2. The maximum Gasteiger partial charge on any atom is 0.0234 e. The third-order valence-corrected chi connectivity index (χ3v) is 4.44. The summed E-state index contributed by atoms with van der Waals surface area (Å²) >= 11 is 1.68. The second-order valence-electron chi connectivity index (χ2n) is 5.55. The van der Waals surface area contributed by atoms with Crippen LogP contribution in [0.4, 0.5) is 0 Å². The lowest BCUT2D eigenvalue weighted by Gasteiger charge is -2.20. The van der Waals surface area contributed by atoms with E-state index in [2.05, 4.69) is 66.4 Å². The summed E-state index contributed by atoms with van der Waals surface area (Å²) in [5.41, 5.74) is 5.74. The summed E-state index contributed by atoms with van der Waals surface area (Å²) in [5, 5.41) is 6.05. The molecule has 1 atom stereocenters. The Kier molecular flexibility index (Phi) is 9.96. The molecule has 0 amide bonds. The van der Waals surface area contributed by atoms with E-state index in [1.807, 2.05) is 13.8 Å². The highest BCUT2D eigenvalue weighted by molar-refractivity contribution is 7.97. The lowest BCUT2D eigenvalue weighted by atomic mass is 10.1. The van der Waals surface area contributed by atoms with Gasteiger partial charge in [-0.2, -0.15) is 0 Å². The van der Waals surface area contributed by atoms with Gasteiger partial charge in [0.15, 0.2) is 0 Å². The highest BCUT2D eigenvalue weighted by Gasteiger charge is 2.09. The van der Waals surface area contributed by atoms with Crippen LogP contribution in [-0.4, -0.2) is 25.7 Å². The van der Waals surface area contributed by atoms with Crippen LogP contribution in [0.15, 0.2) is 47.4 Å². The highest BCUT2D eigenvalue weighted by atomic mass is 32.2. The van der Waals surface area contributed by atoms with Gasteiger partial charge in [0.25, 0.3) is 0 Å². The molecule has 0 saturated carbocycles. The van der Waals surface area contributed by atoms with E-state index < -0.39 is 0 Å². The lowest BCUT2D eigenvalue weighted by molar-refractivity contribution is 0.409. The third-order valence-electron chi connectivity index (χ3n) is 3.60. The fourth-order valence-electron chi connectivity index (χ4n) is 2.27. The Labute approximate surface area is 145 Å². The first kappa shape index (κ1) is 20.0. The zero-order chi connectivity index (χ0) is 17.1. The Morgan fingerprint density at radius 1 is 1.00 bits per heavy atom. The molecule has 0 aliphatic heterocycles. The van der Waals surface area contributed by atoms with Crippen LogP contribution < -0.4 is 15.8 Å². The molecule has 0 aliphatic rings. The van der Waals surface area contributed by atoms with Crippen molar-refractivity contribution < 1.29 is 0 Å². The molecule has 0 fully saturated rings. The molecule has 128 valence electrons. The van der Waals surface area contributed by atoms with Crippen molar-refractivity contribution in [3.05, 3.63) is 42.5 Å². The first-order valence-corrected chi connectivity index (χ1v) is 9.34. The molecule has 4 heteroatoms. The first-order chi connectivity index (χ1) is 11.2. The average Bonchev–Trinajstić information content (AvgIpc) is 2.59. The van der Waals surface area contributed by atoms with Gasteiger partial charge in [-0.25, -0.2) is 0 Å². The molecule has 0 radical (unpaired) electrons. The first-order valence-electron chi connectivity index (χ1n) is 8.52. The van der Waals surface area contributed by atoms with E-state index in [0.717, 1.165) is 13.1 Å². The van der Waals surface area contributed by atoms with Crippen LogP contribution in [0.25, 0.3) is 10.8 Å². The van der Waals surface area contributed by atoms with Gasteiger partial charge in [-0.15, -0.1) is 0 Å². The van der Waals surface area contributed by atoms with Crippen molar-refractivity contribution in [1.29, 1.82) is 0 Å². The number of hydrogen-bond acceptors (Lipinski definition) is 4. The fraction of sp³-hybridized carbons (Fsp3) is 0.474. The van der Waals surface area contributed by atoms with E-state index in [4.69, 9.17) is 5.73 Å². The van der Waals surface area contributed by atoms with E-state index >= 15 is 0 Å². The topological polar surface area (TPSA) is 50.1 Å². The second kappa shape index (κ2) is 11.5. The van der Waals surface area contributed by atoms with Crippen molar-refractivity contribution in [3.8, 4) is 0 Å². The Bertz CT molecular complexity index is 557. The maximum atomic E-state index is 5.74. The molecular formula is C19H31N3S. The Morgan fingerprint density at radius 3 is 2.35 bits per heavy atom. The van der Waals surface area contributed by atoms with Gasteiger partial charge in [0.05, 0.1) is 0 Å².